The molecule has 17 heavy (non-hydrogen) atoms. The van der Waals surface area contributed by atoms with Crippen molar-refractivity contribution in [1.82, 2.24) is 20.3 Å². The standard InChI is InChI=1S/C12H14N4O/c17-12-10-5-1-2-6-11(10)14-15-16(12)8-9-4-3-7-13-9/h1-2,5-6,9,13H,3-4,7-8H2/t9-/m0/s1. The van der Waals surface area contributed by atoms with E-state index in [2.05, 4.69) is 15.6 Å². The number of nitrogens with one attached hydrogen (secondary N) is 1. The van der Waals surface area contributed by atoms with Crippen LogP contribution in [0.3, 0.4) is 0 Å². The van der Waals surface area contributed by atoms with Gasteiger partial charge in [0.1, 0.15) is 5.52 Å². The lowest BCUT2D eigenvalue weighted by molar-refractivity contribution is 0.447. The van der Waals surface area contributed by atoms with Gasteiger partial charge >= 0.3 is 0 Å². The average molecular weight is 230 g/mol. The Morgan fingerprint density at radius 3 is 3.12 bits per heavy atom. The minimum absolute atomic E-state index is 0.0516. The molecular formula is C12H14N4O. The molecule has 2 heterocycles. The summed E-state index contributed by atoms with van der Waals surface area (Å²) in [6.07, 6.45) is 2.27. The van der Waals surface area contributed by atoms with Crippen LogP contribution in [0.15, 0.2) is 29.1 Å². The van der Waals surface area contributed by atoms with Gasteiger partial charge in [-0.1, -0.05) is 17.3 Å². The molecule has 1 fully saturated rings. The first-order valence-electron chi connectivity index (χ1n) is 5.90. The van der Waals surface area contributed by atoms with Crippen LogP contribution in [0.25, 0.3) is 10.9 Å². The molecule has 0 spiro atoms. The predicted octanol–water partition coefficient (Wildman–Crippen LogP) is 0.543. The Morgan fingerprint density at radius 2 is 2.29 bits per heavy atom. The molecule has 0 aliphatic carbocycles. The van der Waals surface area contributed by atoms with Crippen LogP contribution in [0.4, 0.5) is 0 Å². The minimum Gasteiger partial charge on any atom is -0.312 e. The number of hydrogen-bond acceptors (Lipinski definition) is 4. The van der Waals surface area contributed by atoms with Crippen molar-refractivity contribution in [3.63, 3.8) is 0 Å². The van der Waals surface area contributed by atoms with E-state index >= 15 is 0 Å². The van der Waals surface area contributed by atoms with E-state index in [-0.39, 0.29) is 5.56 Å². The van der Waals surface area contributed by atoms with Crippen LogP contribution < -0.4 is 10.9 Å². The fourth-order valence-corrected chi connectivity index (χ4v) is 2.26. The zero-order chi connectivity index (χ0) is 11.7. The van der Waals surface area contributed by atoms with Gasteiger partial charge in [0.25, 0.3) is 5.56 Å². The molecule has 88 valence electrons. The molecule has 0 amide bonds. The molecule has 1 N–H and O–H groups in total. The number of rotatable bonds is 2. The van der Waals surface area contributed by atoms with Gasteiger partial charge in [-0.15, -0.1) is 5.10 Å². The van der Waals surface area contributed by atoms with E-state index in [9.17, 15) is 4.79 Å². The summed E-state index contributed by atoms with van der Waals surface area (Å²) in [5.74, 6) is 0. The molecule has 0 unspecified atom stereocenters. The van der Waals surface area contributed by atoms with Gasteiger partial charge in [-0.2, -0.15) is 0 Å². The number of aromatic nitrogens is 3. The Labute approximate surface area is 98.4 Å². The zero-order valence-corrected chi connectivity index (χ0v) is 9.47. The molecule has 5 heteroatoms. The summed E-state index contributed by atoms with van der Waals surface area (Å²) in [4.78, 5) is 12.1. The van der Waals surface area contributed by atoms with Crippen LogP contribution in [0.2, 0.25) is 0 Å². The molecule has 2 aromatic rings. The Morgan fingerprint density at radius 1 is 1.41 bits per heavy atom. The van der Waals surface area contributed by atoms with E-state index in [0.29, 0.717) is 23.5 Å². The molecule has 1 aromatic carbocycles. The molecule has 0 saturated carbocycles. The van der Waals surface area contributed by atoms with Gasteiger partial charge in [-0.3, -0.25) is 4.79 Å². The van der Waals surface area contributed by atoms with E-state index in [1.54, 1.807) is 6.07 Å². The lowest BCUT2D eigenvalue weighted by atomic mass is 10.2. The van der Waals surface area contributed by atoms with Gasteiger partial charge in [0.15, 0.2) is 0 Å². The van der Waals surface area contributed by atoms with Crippen LogP contribution in [-0.2, 0) is 6.54 Å². The second-order valence-electron chi connectivity index (χ2n) is 4.39. The molecule has 3 rings (SSSR count). The highest BCUT2D eigenvalue weighted by atomic mass is 16.1. The van der Waals surface area contributed by atoms with Crippen molar-refractivity contribution in [3.05, 3.63) is 34.6 Å². The highest BCUT2D eigenvalue weighted by Crippen LogP contribution is 2.07. The van der Waals surface area contributed by atoms with Crippen molar-refractivity contribution in [1.29, 1.82) is 0 Å². The maximum Gasteiger partial charge on any atom is 0.277 e. The van der Waals surface area contributed by atoms with Crippen LogP contribution >= 0.6 is 0 Å². The van der Waals surface area contributed by atoms with E-state index < -0.39 is 0 Å². The quantitative estimate of drug-likeness (QED) is 0.818. The maximum absolute atomic E-state index is 12.1. The number of nitrogens with zero attached hydrogens (tertiary/aromatic N) is 3. The van der Waals surface area contributed by atoms with Crippen molar-refractivity contribution in [3.8, 4) is 0 Å². The third kappa shape index (κ3) is 1.93. The van der Waals surface area contributed by atoms with Crippen LogP contribution in [0.5, 0.6) is 0 Å². The summed E-state index contributed by atoms with van der Waals surface area (Å²) in [7, 11) is 0. The van der Waals surface area contributed by atoms with E-state index in [0.717, 1.165) is 13.0 Å². The molecule has 1 saturated heterocycles. The SMILES string of the molecule is O=c1c2ccccc2nnn1C[C@@H]1CCCN1. The van der Waals surface area contributed by atoms with Gasteiger partial charge in [-0.05, 0) is 31.5 Å². The first-order valence-corrected chi connectivity index (χ1v) is 5.90. The van der Waals surface area contributed by atoms with E-state index in [4.69, 9.17) is 0 Å². The van der Waals surface area contributed by atoms with E-state index in [1.807, 2.05) is 18.2 Å². The first kappa shape index (κ1) is 10.4. The third-order valence-corrected chi connectivity index (χ3v) is 3.19. The Hall–Kier alpha value is -1.75. The summed E-state index contributed by atoms with van der Waals surface area (Å²) in [6, 6.07) is 7.67. The summed E-state index contributed by atoms with van der Waals surface area (Å²) >= 11 is 0. The molecule has 1 aliphatic heterocycles. The third-order valence-electron chi connectivity index (χ3n) is 3.19. The zero-order valence-electron chi connectivity index (χ0n) is 9.47. The van der Waals surface area contributed by atoms with Crippen molar-refractivity contribution in [2.45, 2.75) is 25.4 Å². The van der Waals surface area contributed by atoms with Gasteiger partial charge < -0.3 is 5.32 Å². The van der Waals surface area contributed by atoms with Crippen LogP contribution in [0.1, 0.15) is 12.8 Å². The fourth-order valence-electron chi connectivity index (χ4n) is 2.26. The Bertz CT molecular complexity index is 586. The van der Waals surface area contributed by atoms with Gasteiger partial charge in [0, 0.05) is 6.04 Å². The number of hydrogen-bond donors (Lipinski definition) is 1. The Balaban J connectivity index is 1.99. The maximum atomic E-state index is 12.1. The summed E-state index contributed by atoms with van der Waals surface area (Å²) in [6.45, 7) is 1.64. The molecule has 0 bridgehead atoms. The molecule has 0 radical (unpaired) electrons. The smallest absolute Gasteiger partial charge is 0.277 e. The largest absolute Gasteiger partial charge is 0.312 e. The highest BCUT2D eigenvalue weighted by molar-refractivity contribution is 5.76. The fraction of sp³-hybridized carbons (Fsp3) is 0.417. The lowest BCUT2D eigenvalue weighted by Gasteiger charge is -2.10. The molecule has 1 aromatic heterocycles. The molecular weight excluding hydrogens is 216 g/mol. The monoisotopic (exact) mass is 230 g/mol. The van der Waals surface area contributed by atoms with Gasteiger partial charge in [0.05, 0.1) is 11.9 Å². The molecule has 1 aliphatic rings. The van der Waals surface area contributed by atoms with Gasteiger partial charge in [0.2, 0.25) is 0 Å². The number of benzene rings is 1. The predicted molar refractivity (Wildman–Crippen MR) is 64.8 cm³/mol. The highest BCUT2D eigenvalue weighted by Gasteiger charge is 2.16. The van der Waals surface area contributed by atoms with Crippen molar-refractivity contribution in [2.75, 3.05) is 6.54 Å². The average Bonchev–Trinajstić information content (AvgIpc) is 2.86. The Kier molecular flexibility index (Phi) is 2.60. The van der Waals surface area contributed by atoms with Crippen molar-refractivity contribution < 1.29 is 0 Å². The summed E-state index contributed by atoms with van der Waals surface area (Å²) in [5.41, 5.74) is 0.609. The first-order chi connectivity index (χ1) is 8.34. The second-order valence-corrected chi connectivity index (χ2v) is 4.39. The van der Waals surface area contributed by atoms with Crippen molar-refractivity contribution >= 4 is 10.9 Å². The van der Waals surface area contributed by atoms with E-state index in [1.165, 1.54) is 11.1 Å². The molecule has 1 atom stereocenters. The summed E-state index contributed by atoms with van der Waals surface area (Å²) < 4.78 is 1.46. The van der Waals surface area contributed by atoms with Gasteiger partial charge in [-0.25, -0.2) is 4.68 Å². The van der Waals surface area contributed by atoms with Crippen LogP contribution in [0, 0.1) is 0 Å². The lowest BCUT2D eigenvalue weighted by Crippen LogP contribution is -2.34. The second kappa shape index (κ2) is 4.25. The topological polar surface area (TPSA) is 59.8 Å². The van der Waals surface area contributed by atoms with Crippen molar-refractivity contribution in [2.24, 2.45) is 0 Å². The minimum atomic E-state index is -0.0516. The summed E-state index contributed by atoms with van der Waals surface area (Å²) in [5, 5.41) is 12.0. The number of fused-ring (bicyclic) bond motifs is 1. The van der Waals surface area contributed by atoms with Crippen LogP contribution in [-0.4, -0.2) is 27.6 Å². The normalized spacial score (nSPS) is 19.9. The molecule has 5 nitrogen and oxygen atoms in total.